The van der Waals surface area contributed by atoms with Gasteiger partial charge in [-0.25, -0.2) is 8.78 Å². The highest BCUT2D eigenvalue weighted by Crippen LogP contribution is 2.31. The number of halogens is 3. The summed E-state index contributed by atoms with van der Waals surface area (Å²) in [4.78, 5) is 12.4. The quantitative estimate of drug-likeness (QED) is 0.746. The number of Topliss-reactive ketones (excluding diaryl/α,β-unsaturated/α-hetero) is 1. The number of carbonyl (C=O) groups is 1. The third-order valence-electron chi connectivity index (χ3n) is 3.68. The number of fused-ring (bicyclic) bond motifs is 1. The monoisotopic (exact) mass is 336 g/mol. The molecular weight excluding hydrogens is 326 g/mol. The van der Waals surface area contributed by atoms with Gasteiger partial charge in [0, 0.05) is 10.4 Å². The minimum atomic E-state index is -0.808. The molecule has 2 aromatic carbocycles. The Morgan fingerprint density at radius 2 is 1.55 bits per heavy atom. The lowest BCUT2D eigenvalue weighted by Gasteiger charge is -2.10. The molecule has 0 amide bonds. The number of rotatable bonds is 2. The van der Waals surface area contributed by atoms with Gasteiger partial charge in [0.1, 0.15) is 11.6 Å². The van der Waals surface area contributed by atoms with Crippen LogP contribution < -0.4 is 0 Å². The van der Waals surface area contributed by atoms with E-state index in [2.05, 4.69) is 15.9 Å². The van der Waals surface area contributed by atoms with Crippen molar-refractivity contribution in [2.45, 2.75) is 12.8 Å². The summed E-state index contributed by atoms with van der Waals surface area (Å²) in [5.74, 6) is -2.45. The molecule has 1 aliphatic rings. The average molecular weight is 337 g/mol. The maximum Gasteiger partial charge on any atom is 0.172 e. The van der Waals surface area contributed by atoms with Crippen LogP contribution in [0.5, 0.6) is 0 Å². The SMILES string of the molecule is O=C(c1c(F)cc(Br)cc1F)C1Cc2ccccc2C1. The zero-order valence-electron chi connectivity index (χ0n) is 10.5. The minimum absolute atomic E-state index is 0.291. The largest absolute Gasteiger partial charge is 0.294 e. The summed E-state index contributed by atoms with van der Waals surface area (Å²) in [6.45, 7) is 0. The zero-order valence-corrected chi connectivity index (χ0v) is 12.1. The molecule has 0 aromatic heterocycles. The molecule has 0 atom stereocenters. The van der Waals surface area contributed by atoms with Crippen molar-refractivity contribution in [3.8, 4) is 0 Å². The number of benzene rings is 2. The van der Waals surface area contributed by atoms with Crippen LogP contribution in [0.2, 0.25) is 0 Å². The fourth-order valence-corrected chi connectivity index (χ4v) is 3.13. The van der Waals surface area contributed by atoms with Crippen LogP contribution in [-0.4, -0.2) is 5.78 Å². The van der Waals surface area contributed by atoms with Gasteiger partial charge in [0.2, 0.25) is 0 Å². The van der Waals surface area contributed by atoms with Gasteiger partial charge >= 0.3 is 0 Å². The third kappa shape index (κ3) is 2.29. The first-order valence-corrected chi connectivity index (χ1v) is 7.11. The van der Waals surface area contributed by atoms with Crippen LogP contribution in [0.4, 0.5) is 8.78 Å². The van der Waals surface area contributed by atoms with Crippen molar-refractivity contribution in [3.63, 3.8) is 0 Å². The summed E-state index contributed by atoms with van der Waals surface area (Å²) in [5, 5.41) is 0. The molecule has 0 aliphatic heterocycles. The molecule has 0 saturated heterocycles. The molecule has 0 heterocycles. The highest BCUT2D eigenvalue weighted by molar-refractivity contribution is 9.10. The van der Waals surface area contributed by atoms with E-state index >= 15 is 0 Å². The summed E-state index contributed by atoms with van der Waals surface area (Å²) in [5.41, 5.74) is 1.75. The summed E-state index contributed by atoms with van der Waals surface area (Å²) in [6, 6.07) is 9.98. The Hall–Kier alpha value is -1.55. The molecule has 0 radical (unpaired) electrons. The van der Waals surface area contributed by atoms with Gasteiger partial charge in [-0.05, 0) is 36.1 Å². The van der Waals surface area contributed by atoms with Gasteiger partial charge < -0.3 is 0 Å². The van der Waals surface area contributed by atoms with Crippen molar-refractivity contribution in [1.29, 1.82) is 0 Å². The molecule has 20 heavy (non-hydrogen) atoms. The number of carbonyl (C=O) groups excluding carboxylic acids is 1. The van der Waals surface area contributed by atoms with Gasteiger partial charge in [0.15, 0.2) is 5.78 Å². The lowest BCUT2D eigenvalue weighted by molar-refractivity contribution is 0.0916. The van der Waals surface area contributed by atoms with Gasteiger partial charge in [0.05, 0.1) is 5.56 Å². The van der Waals surface area contributed by atoms with E-state index in [-0.39, 0.29) is 5.92 Å². The minimum Gasteiger partial charge on any atom is -0.294 e. The Kier molecular flexibility index (Phi) is 3.42. The van der Waals surface area contributed by atoms with Gasteiger partial charge in [-0.15, -0.1) is 0 Å². The standard InChI is InChI=1S/C16H11BrF2O/c17-12-7-13(18)15(14(19)8-12)16(20)11-5-9-3-1-2-4-10(9)6-11/h1-4,7-8,11H,5-6H2. The van der Waals surface area contributed by atoms with Crippen molar-refractivity contribution in [2.75, 3.05) is 0 Å². The smallest absolute Gasteiger partial charge is 0.172 e. The molecule has 2 aromatic rings. The molecule has 0 unspecified atom stereocenters. The second-order valence-corrected chi connectivity index (χ2v) is 5.90. The average Bonchev–Trinajstić information content (AvgIpc) is 2.81. The molecule has 0 fully saturated rings. The zero-order chi connectivity index (χ0) is 14.3. The van der Waals surface area contributed by atoms with Crippen LogP contribution in [0, 0.1) is 17.6 Å². The van der Waals surface area contributed by atoms with Gasteiger partial charge in [-0.2, -0.15) is 0 Å². The van der Waals surface area contributed by atoms with Gasteiger partial charge in [0.25, 0.3) is 0 Å². The van der Waals surface area contributed by atoms with Crippen LogP contribution in [0.25, 0.3) is 0 Å². The van der Waals surface area contributed by atoms with Crippen molar-refractivity contribution < 1.29 is 13.6 Å². The van der Waals surface area contributed by atoms with Gasteiger partial charge in [-0.3, -0.25) is 4.79 Å². The molecule has 1 aliphatic carbocycles. The normalized spacial score (nSPS) is 14.3. The summed E-state index contributed by atoms with van der Waals surface area (Å²) < 4.78 is 28.0. The van der Waals surface area contributed by atoms with Crippen LogP contribution in [0.1, 0.15) is 21.5 Å². The number of hydrogen-bond acceptors (Lipinski definition) is 1. The molecule has 4 heteroatoms. The van der Waals surface area contributed by atoms with Crippen molar-refractivity contribution in [1.82, 2.24) is 0 Å². The van der Waals surface area contributed by atoms with E-state index in [9.17, 15) is 13.6 Å². The maximum atomic E-state index is 13.9. The Morgan fingerprint density at radius 3 is 2.05 bits per heavy atom. The number of ketones is 1. The Balaban J connectivity index is 1.93. The van der Waals surface area contributed by atoms with Crippen molar-refractivity contribution in [2.24, 2.45) is 5.92 Å². The highest BCUT2D eigenvalue weighted by atomic mass is 79.9. The van der Waals surface area contributed by atoms with Crippen molar-refractivity contribution in [3.05, 3.63) is 69.2 Å². The van der Waals surface area contributed by atoms with Crippen LogP contribution in [0.3, 0.4) is 0 Å². The molecule has 0 N–H and O–H groups in total. The van der Waals surface area contributed by atoms with E-state index in [1.165, 1.54) is 0 Å². The topological polar surface area (TPSA) is 17.1 Å². The van der Waals surface area contributed by atoms with Gasteiger partial charge in [-0.1, -0.05) is 40.2 Å². The van der Waals surface area contributed by atoms with Crippen LogP contribution in [-0.2, 0) is 12.8 Å². The predicted molar refractivity (Wildman–Crippen MR) is 75.7 cm³/mol. The first kappa shape index (κ1) is 13.4. The van der Waals surface area contributed by atoms with Crippen molar-refractivity contribution >= 4 is 21.7 Å². The Morgan fingerprint density at radius 1 is 1.05 bits per heavy atom. The fraction of sp³-hybridized carbons (Fsp3) is 0.188. The molecule has 0 saturated carbocycles. The molecule has 102 valence electrons. The summed E-state index contributed by atoms with van der Waals surface area (Å²) in [6.07, 6.45) is 1.09. The first-order chi connectivity index (χ1) is 9.56. The second kappa shape index (κ2) is 5.09. The fourth-order valence-electron chi connectivity index (χ4n) is 2.73. The maximum absolute atomic E-state index is 13.9. The molecule has 0 spiro atoms. The van der Waals surface area contributed by atoms with E-state index < -0.39 is 23.0 Å². The van der Waals surface area contributed by atoms with Crippen LogP contribution in [0.15, 0.2) is 40.9 Å². The Labute approximate surface area is 123 Å². The molecule has 1 nitrogen and oxygen atoms in total. The van der Waals surface area contributed by atoms with E-state index in [0.717, 1.165) is 23.3 Å². The summed E-state index contributed by atoms with van der Waals surface area (Å²) in [7, 11) is 0. The Bertz CT molecular complexity index is 649. The second-order valence-electron chi connectivity index (χ2n) is 4.98. The van der Waals surface area contributed by atoms with E-state index in [1.807, 2.05) is 24.3 Å². The van der Waals surface area contributed by atoms with E-state index in [1.54, 1.807) is 0 Å². The molecular formula is C16H11BrF2O. The lowest BCUT2D eigenvalue weighted by Crippen LogP contribution is -2.18. The lowest BCUT2D eigenvalue weighted by atomic mass is 9.94. The third-order valence-corrected chi connectivity index (χ3v) is 4.13. The highest BCUT2D eigenvalue weighted by Gasteiger charge is 2.31. The molecule has 0 bridgehead atoms. The van der Waals surface area contributed by atoms with E-state index in [4.69, 9.17) is 0 Å². The number of hydrogen-bond donors (Lipinski definition) is 0. The predicted octanol–water partition coefficient (Wildman–Crippen LogP) is 4.33. The van der Waals surface area contributed by atoms with Crippen LogP contribution >= 0.6 is 15.9 Å². The van der Waals surface area contributed by atoms with E-state index in [0.29, 0.717) is 17.3 Å². The first-order valence-electron chi connectivity index (χ1n) is 6.32. The molecule has 3 rings (SSSR count). The summed E-state index contributed by atoms with van der Waals surface area (Å²) >= 11 is 3.01.